The van der Waals surface area contributed by atoms with E-state index in [1.54, 1.807) is 0 Å². The van der Waals surface area contributed by atoms with Crippen molar-refractivity contribution < 1.29 is 9.53 Å². The first kappa shape index (κ1) is 11.5. The van der Waals surface area contributed by atoms with Crippen LogP contribution >= 0.6 is 0 Å². The topological polar surface area (TPSA) is 64.3 Å². The van der Waals surface area contributed by atoms with Gasteiger partial charge in [-0.3, -0.25) is 4.79 Å². The Morgan fingerprint density at radius 2 is 2.43 bits per heavy atom. The highest BCUT2D eigenvalue weighted by molar-refractivity contribution is 5.77. The molecule has 0 heterocycles. The summed E-state index contributed by atoms with van der Waals surface area (Å²) in [5.74, 6) is 0.695. The van der Waals surface area contributed by atoms with Crippen LogP contribution in [0.2, 0.25) is 0 Å². The van der Waals surface area contributed by atoms with Crippen molar-refractivity contribution >= 4 is 5.91 Å². The molecule has 1 amide bonds. The third kappa shape index (κ3) is 4.07. The molecule has 1 rings (SSSR count). The lowest BCUT2D eigenvalue weighted by Crippen LogP contribution is -2.31. The molecule has 0 bridgehead atoms. The third-order valence-electron chi connectivity index (χ3n) is 2.42. The molecule has 2 unspecified atom stereocenters. The Morgan fingerprint density at radius 1 is 1.64 bits per heavy atom. The largest absolute Gasteiger partial charge is 0.370 e. The van der Waals surface area contributed by atoms with E-state index in [0.717, 1.165) is 6.42 Å². The lowest BCUT2D eigenvalue weighted by molar-refractivity contribution is -0.125. The molecule has 0 spiro atoms. The van der Waals surface area contributed by atoms with Gasteiger partial charge in [0.1, 0.15) is 6.61 Å². The van der Waals surface area contributed by atoms with Gasteiger partial charge in [0.15, 0.2) is 0 Å². The summed E-state index contributed by atoms with van der Waals surface area (Å²) in [6.45, 7) is 3.24. The second kappa shape index (κ2) is 5.98. The van der Waals surface area contributed by atoms with Crippen LogP contribution < -0.4 is 11.1 Å². The number of carbonyl (C=O) groups is 1. The highest BCUT2D eigenvalue weighted by Gasteiger charge is 2.36. The van der Waals surface area contributed by atoms with Gasteiger partial charge in [0, 0.05) is 12.6 Å². The number of rotatable bonds is 7. The summed E-state index contributed by atoms with van der Waals surface area (Å²) in [6.07, 6.45) is 3.55. The van der Waals surface area contributed by atoms with Crippen molar-refractivity contribution in [3.05, 3.63) is 0 Å². The van der Waals surface area contributed by atoms with Gasteiger partial charge in [-0.05, 0) is 18.8 Å². The van der Waals surface area contributed by atoms with Crippen LogP contribution in [0, 0.1) is 5.92 Å². The standard InChI is InChI=1S/C10H20N2O2/c1-2-3-8-6-9(8)12-10(13)7-14-5-4-11/h8-9H,2-7,11H2,1H3,(H,12,13). The van der Waals surface area contributed by atoms with Gasteiger partial charge in [-0.2, -0.15) is 0 Å². The molecule has 0 aliphatic heterocycles. The van der Waals surface area contributed by atoms with E-state index in [9.17, 15) is 4.79 Å². The number of carbonyl (C=O) groups excluding carboxylic acids is 1. The Hall–Kier alpha value is -0.610. The molecule has 1 fully saturated rings. The zero-order valence-corrected chi connectivity index (χ0v) is 8.79. The van der Waals surface area contributed by atoms with Gasteiger partial charge >= 0.3 is 0 Å². The SMILES string of the molecule is CCCC1CC1NC(=O)COCCN. The number of hydrogen-bond donors (Lipinski definition) is 2. The quantitative estimate of drug-likeness (QED) is 0.580. The lowest BCUT2D eigenvalue weighted by atomic mass is 10.2. The maximum Gasteiger partial charge on any atom is 0.246 e. The molecule has 0 aromatic carbocycles. The molecule has 2 atom stereocenters. The summed E-state index contributed by atoms with van der Waals surface area (Å²) >= 11 is 0. The van der Waals surface area contributed by atoms with Gasteiger partial charge in [-0.1, -0.05) is 13.3 Å². The maximum atomic E-state index is 11.2. The van der Waals surface area contributed by atoms with Crippen molar-refractivity contribution in [1.29, 1.82) is 0 Å². The van der Waals surface area contributed by atoms with E-state index < -0.39 is 0 Å². The molecule has 4 heteroatoms. The van der Waals surface area contributed by atoms with E-state index in [0.29, 0.717) is 25.1 Å². The highest BCUT2D eigenvalue weighted by atomic mass is 16.5. The fraction of sp³-hybridized carbons (Fsp3) is 0.900. The Morgan fingerprint density at radius 3 is 3.07 bits per heavy atom. The first-order valence-electron chi connectivity index (χ1n) is 5.35. The van der Waals surface area contributed by atoms with Crippen LogP contribution in [0.5, 0.6) is 0 Å². The van der Waals surface area contributed by atoms with Gasteiger partial charge < -0.3 is 15.8 Å². The van der Waals surface area contributed by atoms with Crippen molar-refractivity contribution in [2.24, 2.45) is 11.7 Å². The minimum Gasteiger partial charge on any atom is -0.370 e. The lowest BCUT2D eigenvalue weighted by Gasteiger charge is -2.04. The van der Waals surface area contributed by atoms with E-state index in [1.165, 1.54) is 12.8 Å². The predicted octanol–water partition coefficient (Wildman–Crippen LogP) is 0.267. The zero-order valence-electron chi connectivity index (χ0n) is 8.79. The number of ether oxygens (including phenoxy) is 1. The van der Waals surface area contributed by atoms with Gasteiger partial charge in [0.2, 0.25) is 5.91 Å². The molecular weight excluding hydrogens is 180 g/mol. The molecule has 1 saturated carbocycles. The summed E-state index contributed by atoms with van der Waals surface area (Å²) in [4.78, 5) is 11.2. The molecule has 1 aliphatic carbocycles. The zero-order chi connectivity index (χ0) is 10.4. The number of nitrogens with one attached hydrogen (secondary N) is 1. The van der Waals surface area contributed by atoms with Crippen LogP contribution in [0.4, 0.5) is 0 Å². The van der Waals surface area contributed by atoms with Crippen LogP contribution in [-0.4, -0.2) is 31.7 Å². The van der Waals surface area contributed by atoms with E-state index in [4.69, 9.17) is 10.5 Å². The van der Waals surface area contributed by atoms with Crippen molar-refractivity contribution in [3.8, 4) is 0 Å². The van der Waals surface area contributed by atoms with Crippen molar-refractivity contribution in [1.82, 2.24) is 5.32 Å². The first-order valence-corrected chi connectivity index (χ1v) is 5.35. The van der Waals surface area contributed by atoms with Gasteiger partial charge in [-0.15, -0.1) is 0 Å². The summed E-state index contributed by atoms with van der Waals surface area (Å²) < 4.78 is 5.03. The molecule has 82 valence electrons. The van der Waals surface area contributed by atoms with Crippen molar-refractivity contribution in [2.75, 3.05) is 19.8 Å². The third-order valence-corrected chi connectivity index (χ3v) is 2.42. The highest BCUT2D eigenvalue weighted by Crippen LogP contribution is 2.34. The average molecular weight is 200 g/mol. The van der Waals surface area contributed by atoms with E-state index in [2.05, 4.69) is 12.2 Å². The second-order valence-corrected chi connectivity index (χ2v) is 3.80. The molecule has 14 heavy (non-hydrogen) atoms. The molecule has 4 nitrogen and oxygen atoms in total. The Labute approximate surface area is 85.2 Å². The fourth-order valence-electron chi connectivity index (χ4n) is 1.61. The minimum atomic E-state index is -0.0120. The van der Waals surface area contributed by atoms with E-state index in [-0.39, 0.29) is 12.5 Å². The Kier molecular flexibility index (Phi) is 4.90. The normalized spacial score (nSPS) is 24.7. The second-order valence-electron chi connectivity index (χ2n) is 3.80. The maximum absolute atomic E-state index is 11.2. The molecule has 0 aromatic rings. The van der Waals surface area contributed by atoms with Gasteiger partial charge in [0.25, 0.3) is 0 Å². The van der Waals surface area contributed by atoms with Crippen LogP contribution in [-0.2, 0) is 9.53 Å². The average Bonchev–Trinajstić information content (AvgIpc) is 2.85. The van der Waals surface area contributed by atoms with Gasteiger partial charge in [0.05, 0.1) is 6.61 Å². The first-order chi connectivity index (χ1) is 6.77. The summed E-state index contributed by atoms with van der Waals surface area (Å²) in [5.41, 5.74) is 5.23. The van der Waals surface area contributed by atoms with Crippen molar-refractivity contribution in [2.45, 2.75) is 32.2 Å². The molecule has 1 aliphatic rings. The van der Waals surface area contributed by atoms with Crippen LogP contribution in [0.1, 0.15) is 26.2 Å². The monoisotopic (exact) mass is 200 g/mol. The molecular formula is C10H20N2O2. The minimum absolute atomic E-state index is 0.0120. The predicted molar refractivity (Wildman–Crippen MR) is 54.8 cm³/mol. The molecule has 3 N–H and O–H groups in total. The van der Waals surface area contributed by atoms with Crippen LogP contribution in [0.3, 0.4) is 0 Å². The van der Waals surface area contributed by atoms with Crippen molar-refractivity contribution in [3.63, 3.8) is 0 Å². The Balaban J connectivity index is 1.99. The Bertz CT molecular complexity index is 185. The fourth-order valence-corrected chi connectivity index (χ4v) is 1.61. The summed E-state index contributed by atoms with van der Waals surface area (Å²) in [7, 11) is 0. The number of hydrogen-bond acceptors (Lipinski definition) is 3. The van der Waals surface area contributed by atoms with Crippen LogP contribution in [0.25, 0.3) is 0 Å². The van der Waals surface area contributed by atoms with Crippen LogP contribution in [0.15, 0.2) is 0 Å². The summed E-state index contributed by atoms with van der Waals surface area (Å²) in [6, 6.07) is 0.406. The summed E-state index contributed by atoms with van der Waals surface area (Å²) in [5, 5.41) is 2.94. The van der Waals surface area contributed by atoms with E-state index >= 15 is 0 Å². The molecule has 0 saturated heterocycles. The van der Waals surface area contributed by atoms with Gasteiger partial charge in [-0.25, -0.2) is 0 Å². The van der Waals surface area contributed by atoms with E-state index in [1.807, 2.05) is 0 Å². The smallest absolute Gasteiger partial charge is 0.246 e. The molecule has 0 radical (unpaired) electrons. The molecule has 0 aromatic heterocycles. The number of nitrogens with two attached hydrogens (primary N) is 1. The number of amides is 1.